The second kappa shape index (κ2) is 5.15. The maximum atomic E-state index is 13.1. The van der Waals surface area contributed by atoms with Crippen molar-refractivity contribution in [3.8, 4) is 11.5 Å². The normalized spacial score (nSPS) is 17.4. The number of nitrogens with one attached hydrogen (secondary N) is 1. The zero-order valence-corrected chi connectivity index (χ0v) is 11.4. The monoisotopic (exact) mass is 327 g/mol. The summed E-state index contributed by atoms with van der Waals surface area (Å²) in [6, 6.07) is 11.4. The Bertz CT molecular complexity index is 750. The lowest BCUT2D eigenvalue weighted by Crippen LogP contribution is -2.52. The van der Waals surface area contributed by atoms with Gasteiger partial charge in [-0.2, -0.15) is 17.6 Å². The number of anilines is 1. The Morgan fingerprint density at radius 3 is 2.13 bits per heavy atom. The second-order valence-electron chi connectivity index (χ2n) is 4.72. The summed E-state index contributed by atoms with van der Waals surface area (Å²) >= 11 is 0. The van der Waals surface area contributed by atoms with E-state index in [1.54, 1.807) is 30.3 Å². The van der Waals surface area contributed by atoms with E-state index in [1.165, 1.54) is 6.07 Å². The smallest absolute Gasteiger partial charge is 0.421 e. The minimum absolute atomic E-state index is 0.0993. The standard InChI is InChI=1S/C15H9F4NO3/c16-14(17)15(18,19)23-12-8-10(6-7-11(12)22-14)20-13(21)9-4-2-1-3-5-9/h1-8H,(H,20,21). The van der Waals surface area contributed by atoms with Crippen molar-refractivity contribution in [2.24, 2.45) is 0 Å². The molecule has 2 aromatic carbocycles. The summed E-state index contributed by atoms with van der Waals surface area (Å²) < 4.78 is 60.3. The molecule has 0 saturated carbocycles. The highest BCUT2D eigenvalue weighted by Gasteiger charge is 2.65. The van der Waals surface area contributed by atoms with E-state index < -0.39 is 29.6 Å². The zero-order chi connectivity index (χ0) is 16.7. The van der Waals surface area contributed by atoms with Crippen LogP contribution in [0.5, 0.6) is 11.5 Å². The van der Waals surface area contributed by atoms with E-state index in [9.17, 15) is 22.4 Å². The van der Waals surface area contributed by atoms with Crippen molar-refractivity contribution in [3.05, 3.63) is 54.1 Å². The molecule has 1 aliphatic heterocycles. The molecule has 2 aromatic rings. The van der Waals surface area contributed by atoms with Gasteiger partial charge in [0.05, 0.1) is 0 Å². The van der Waals surface area contributed by atoms with Gasteiger partial charge in [0.1, 0.15) is 0 Å². The van der Waals surface area contributed by atoms with Crippen LogP contribution >= 0.6 is 0 Å². The summed E-state index contributed by atoms with van der Waals surface area (Å²) in [7, 11) is 0. The van der Waals surface area contributed by atoms with Crippen LogP contribution in [0.3, 0.4) is 0 Å². The Morgan fingerprint density at radius 1 is 0.870 bits per heavy atom. The number of halogens is 4. The number of benzene rings is 2. The lowest BCUT2D eigenvalue weighted by Gasteiger charge is -2.31. The Hall–Kier alpha value is -2.77. The van der Waals surface area contributed by atoms with Gasteiger partial charge in [-0.15, -0.1) is 0 Å². The van der Waals surface area contributed by atoms with E-state index >= 15 is 0 Å². The van der Waals surface area contributed by atoms with Gasteiger partial charge in [-0.1, -0.05) is 18.2 Å². The molecule has 0 atom stereocenters. The van der Waals surface area contributed by atoms with E-state index in [0.717, 1.165) is 12.1 Å². The zero-order valence-electron chi connectivity index (χ0n) is 11.4. The summed E-state index contributed by atoms with van der Waals surface area (Å²) in [5.74, 6) is -1.62. The van der Waals surface area contributed by atoms with E-state index in [1.807, 2.05) is 0 Å². The first kappa shape index (κ1) is 15.1. The van der Waals surface area contributed by atoms with Crippen molar-refractivity contribution < 1.29 is 31.8 Å². The molecule has 0 aliphatic carbocycles. The summed E-state index contributed by atoms with van der Waals surface area (Å²) in [6.07, 6.45) is -9.57. The molecule has 1 heterocycles. The highest BCUT2D eigenvalue weighted by atomic mass is 19.3. The Labute approximate surface area is 127 Å². The number of carbonyl (C=O) groups excluding carboxylic acids is 1. The van der Waals surface area contributed by atoms with Crippen LogP contribution in [-0.4, -0.2) is 18.1 Å². The van der Waals surface area contributed by atoms with Crippen LogP contribution in [0.25, 0.3) is 0 Å². The fraction of sp³-hybridized carbons (Fsp3) is 0.133. The van der Waals surface area contributed by atoms with Gasteiger partial charge in [0, 0.05) is 17.3 Å². The number of hydrogen-bond acceptors (Lipinski definition) is 3. The quantitative estimate of drug-likeness (QED) is 0.851. The highest BCUT2D eigenvalue weighted by Crippen LogP contribution is 2.47. The van der Waals surface area contributed by atoms with Gasteiger partial charge in [-0.3, -0.25) is 4.79 Å². The predicted octanol–water partition coefficient (Wildman–Crippen LogP) is 3.90. The van der Waals surface area contributed by atoms with E-state index in [0.29, 0.717) is 5.56 Å². The van der Waals surface area contributed by atoms with Crippen LogP contribution in [0, 0.1) is 0 Å². The average Bonchev–Trinajstić information content (AvgIpc) is 2.49. The summed E-state index contributed by atoms with van der Waals surface area (Å²) in [5, 5.41) is 2.45. The molecule has 3 rings (SSSR count). The van der Waals surface area contributed by atoms with Crippen molar-refractivity contribution >= 4 is 11.6 Å². The van der Waals surface area contributed by atoms with Gasteiger partial charge in [0.25, 0.3) is 5.91 Å². The van der Waals surface area contributed by atoms with Crippen LogP contribution in [0.4, 0.5) is 23.2 Å². The number of ether oxygens (including phenoxy) is 2. The minimum atomic E-state index is -4.80. The molecule has 4 nitrogen and oxygen atoms in total. The first-order chi connectivity index (χ1) is 10.8. The molecule has 0 fully saturated rings. The molecule has 1 aliphatic rings. The highest BCUT2D eigenvalue weighted by molar-refractivity contribution is 6.04. The molecule has 1 amide bonds. The molecular weight excluding hydrogens is 318 g/mol. The molecule has 0 bridgehead atoms. The largest absolute Gasteiger partial charge is 0.507 e. The van der Waals surface area contributed by atoms with E-state index in [4.69, 9.17) is 0 Å². The van der Waals surface area contributed by atoms with Crippen molar-refractivity contribution in [2.45, 2.75) is 12.2 Å². The fourth-order valence-electron chi connectivity index (χ4n) is 1.94. The minimum Gasteiger partial charge on any atom is -0.421 e. The third-order valence-electron chi connectivity index (χ3n) is 3.05. The molecular formula is C15H9F4NO3. The Balaban J connectivity index is 1.84. The number of fused-ring (bicyclic) bond motifs is 1. The van der Waals surface area contributed by atoms with Crippen molar-refractivity contribution in [1.82, 2.24) is 0 Å². The van der Waals surface area contributed by atoms with Gasteiger partial charge in [0.15, 0.2) is 11.5 Å². The molecule has 0 radical (unpaired) electrons. The molecule has 0 saturated heterocycles. The molecule has 1 N–H and O–H groups in total. The maximum Gasteiger partial charge on any atom is 0.507 e. The third kappa shape index (κ3) is 2.79. The number of alkyl halides is 4. The first-order valence-corrected chi connectivity index (χ1v) is 6.43. The second-order valence-corrected chi connectivity index (χ2v) is 4.72. The summed E-state index contributed by atoms with van der Waals surface area (Å²) in [6.45, 7) is 0. The average molecular weight is 327 g/mol. The lowest BCUT2D eigenvalue weighted by molar-refractivity contribution is -0.391. The molecule has 23 heavy (non-hydrogen) atoms. The van der Waals surface area contributed by atoms with Crippen molar-refractivity contribution in [2.75, 3.05) is 5.32 Å². The fourth-order valence-corrected chi connectivity index (χ4v) is 1.94. The van der Waals surface area contributed by atoms with Gasteiger partial charge >= 0.3 is 12.2 Å². The van der Waals surface area contributed by atoms with Crippen LogP contribution < -0.4 is 14.8 Å². The van der Waals surface area contributed by atoms with Crippen molar-refractivity contribution in [1.29, 1.82) is 0 Å². The Morgan fingerprint density at radius 2 is 1.48 bits per heavy atom. The third-order valence-corrected chi connectivity index (χ3v) is 3.05. The first-order valence-electron chi connectivity index (χ1n) is 6.43. The van der Waals surface area contributed by atoms with Crippen LogP contribution in [-0.2, 0) is 0 Å². The van der Waals surface area contributed by atoms with E-state index in [2.05, 4.69) is 14.8 Å². The summed E-state index contributed by atoms with van der Waals surface area (Å²) in [5.41, 5.74) is 0.446. The molecule has 0 spiro atoms. The SMILES string of the molecule is O=C(Nc1ccc2c(c1)OC(F)(F)C(F)(F)O2)c1ccccc1. The van der Waals surface area contributed by atoms with Gasteiger partial charge in [-0.25, -0.2) is 0 Å². The van der Waals surface area contributed by atoms with Crippen molar-refractivity contribution in [3.63, 3.8) is 0 Å². The van der Waals surface area contributed by atoms with Crippen LogP contribution in [0.15, 0.2) is 48.5 Å². The van der Waals surface area contributed by atoms with Crippen LogP contribution in [0.2, 0.25) is 0 Å². The van der Waals surface area contributed by atoms with E-state index in [-0.39, 0.29) is 5.69 Å². The Kier molecular flexibility index (Phi) is 3.39. The van der Waals surface area contributed by atoms with Crippen LogP contribution in [0.1, 0.15) is 10.4 Å². The number of carbonyl (C=O) groups is 1. The molecule has 0 aromatic heterocycles. The summed E-state index contributed by atoms with van der Waals surface area (Å²) in [4.78, 5) is 12.0. The molecule has 120 valence electrons. The van der Waals surface area contributed by atoms with Gasteiger partial charge < -0.3 is 14.8 Å². The lowest BCUT2D eigenvalue weighted by atomic mass is 10.2. The number of rotatable bonds is 2. The number of hydrogen-bond donors (Lipinski definition) is 1. The maximum absolute atomic E-state index is 13.1. The van der Waals surface area contributed by atoms with Gasteiger partial charge in [-0.05, 0) is 24.3 Å². The predicted molar refractivity (Wildman–Crippen MR) is 72.0 cm³/mol. The van der Waals surface area contributed by atoms with Gasteiger partial charge in [0.2, 0.25) is 0 Å². The topological polar surface area (TPSA) is 47.6 Å². The molecule has 8 heteroatoms. The molecule has 0 unspecified atom stereocenters. The number of amides is 1.